The molecular formula is C31H37N3. The van der Waals surface area contributed by atoms with E-state index in [1.807, 2.05) is 0 Å². The predicted octanol–water partition coefficient (Wildman–Crippen LogP) is 8.34. The SMILES string of the molecule is C=C(CCC)c1ccc(-c2cn(CC3CCCCC3)c3cc(C4=C(C)CN=C4C)cnc23)cc1. The maximum Gasteiger partial charge on any atom is 0.0959 e. The first kappa shape index (κ1) is 22.8. The Morgan fingerprint density at radius 3 is 2.50 bits per heavy atom. The molecule has 0 saturated heterocycles. The molecule has 1 aromatic carbocycles. The number of allylic oxidation sites excluding steroid dienone is 2. The number of hydrogen-bond donors (Lipinski definition) is 0. The highest BCUT2D eigenvalue weighted by Crippen LogP contribution is 2.35. The van der Waals surface area contributed by atoms with Crippen molar-refractivity contribution < 1.29 is 0 Å². The normalized spacial score (nSPS) is 17.0. The van der Waals surface area contributed by atoms with E-state index in [-0.39, 0.29) is 0 Å². The highest BCUT2D eigenvalue weighted by atomic mass is 15.0. The Morgan fingerprint density at radius 2 is 1.82 bits per heavy atom. The third-order valence-electron chi connectivity index (χ3n) is 7.68. The number of aromatic nitrogens is 2. The molecular weight excluding hydrogens is 414 g/mol. The van der Waals surface area contributed by atoms with Crippen LogP contribution in [0.3, 0.4) is 0 Å². The molecule has 1 saturated carbocycles. The van der Waals surface area contributed by atoms with Gasteiger partial charge in [-0.2, -0.15) is 0 Å². The maximum absolute atomic E-state index is 5.04. The zero-order valence-electron chi connectivity index (χ0n) is 21.0. The van der Waals surface area contributed by atoms with Crippen LogP contribution in [0, 0.1) is 5.92 Å². The maximum atomic E-state index is 5.04. The van der Waals surface area contributed by atoms with E-state index in [1.165, 1.54) is 76.6 Å². The van der Waals surface area contributed by atoms with E-state index in [9.17, 15) is 0 Å². The average Bonchev–Trinajstić information content (AvgIpc) is 3.38. The van der Waals surface area contributed by atoms with Crippen molar-refractivity contribution in [2.24, 2.45) is 10.9 Å². The molecule has 176 valence electrons. The van der Waals surface area contributed by atoms with Crippen LogP contribution in [0.5, 0.6) is 0 Å². The molecule has 0 atom stereocenters. The fourth-order valence-corrected chi connectivity index (χ4v) is 5.80. The second-order valence-electron chi connectivity index (χ2n) is 10.3. The zero-order valence-corrected chi connectivity index (χ0v) is 21.0. The minimum absolute atomic E-state index is 0.760. The average molecular weight is 452 g/mol. The van der Waals surface area contributed by atoms with Crippen molar-refractivity contribution >= 4 is 27.9 Å². The number of pyridine rings is 1. The van der Waals surface area contributed by atoms with Crippen LogP contribution in [0.2, 0.25) is 0 Å². The molecule has 3 heterocycles. The van der Waals surface area contributed by atoms with Crippen LogP contribution >= 0.6 is 0 Å². The molecule has 0 radical (unpaired) electrons. The third-order valence-corrected chi connectivity index (χ3v) is 7.68. The minimum Gasteiger partial charge on any atom is -0.345 e. The van der Waals surface area contributed by atoms with Gasteiger partial charge in [0.2, 0.25) is 0 Å². The Bertz CT molecular complexity index is 1260. The van der Waals surface area contributed by atoms with E-state index in [2.05, 4.69) is 79.6 Å². The molecule has 1 fully saturated rings. The Hall–Kier alpha value is -2.94. The van der Waals surface area contributed by atoms with Crippen molar-refractivity contribution in [3.8, 4) is 11.1 Å². The number of rotatable bonds is 7. The van der Waals surface area contributed by atoms with E-state index in [4.69, 9.17) is 4.98 Å². The van der Waals surface area contributed by atoms with Gasteiger partial charge in [-0.3, -0.25) is 9.98 Å². The molecule has 2 aliphatic rings. The van der Waals surface area contributed by atoms with Gasteiger partial charge in [0.25, 0.3) is 0 Å². The van der Waals surface area contributed by atoms with E-state index < -0.39 is 0 Å². The van der Waals surface area contributed by atoms with Crippen LogP contribution in [0.15, 0.2) is 59.9 Å². The number of fused-ring (bicyclic) bond motifs is 1. The van der Waals surface area contributed by atoms with Gasteiger partial charge in [0, 0.05) is 41.4 Å². The highest BCUT2D eigenvalue weighted by molar-refractivity contribution is 6.25. The third kappa shape index (κ3) is 4.41. The summed E-state index contributed by atoms with van der Waals surface area (Å²) in [6.07, 6.45) is 13.4. The number of nitrogens with zero attached hydrogens (tertiary/aromatic N) is 3. The van der Waals surface area contributed by atoms with Gasteiger partial charge in [-0.1, -0.05) is 63.5 Å². The van der Waals surface area contributed by atoms with Crippen molar-refractivity contribution in [2.75, 3.05) is 6.54 Å². The summed E-state index contributed by atoms with van der Waals surface area (Å²) < 4.78 is 2.48. The molecule has 0 amide bonds. The van der Waals surface area contributed by atoms with Crippen LogP contribution in [0.25, 0.3) is 33.3 Å². The Kier molecular flexibility index (Phi) is 6.54. The first-order valence-electron chi connectivity index (χ1n) is 13.0. The van der Waals surface area contributed by atoms with E-state index in [1.54, 1.807) is 0 Å². The summed E-state index contributed by atoms with van der Waals surface area (Å²) >= 11 is 0. The van der Waals surface area contributed by atoms with Crippen LogP contribution in [-0.4, -0.2) is 21.8 Å². The first-order valence-corrected chi connectivity index (χ1v) is 13.0. The molecule has 34 heavy (non-hydrogen) atoms. The minimum atomic E-state index is 0.760. The summed E-state index contributed by atoms with van der Waals surface area (Å²) in [4.78, 5) is 9.70. The summed E-state index contributed by atoms with van der Waals surface area (Å²) in [5.41, 5.74) is 12.2. The van der Waals surface area contributed by atoms with Crippen molar-refractivity contribution in [3.05, 3.63) is 66.0 Å². The largest absolute Gasteiger partial charge is 0.345 e. The van der Waals surface area contributed by atoms with Gasteiger partial charge in [0.1, 0.15) is 0 Å². The second kappa shape index (κ2) is 9.74. The zero-order chi connectivity index (χ0) is 23.7. The van der Waals surface area contributed by atoms with Crippen molar-refractivity contribution in [2.45, 2.75) is 72.3 Å². The van der Waals surface area contributed by atoms with Crippen LogP contribution in [-0.2, 0) is 6.54 Å². The molecule has 5 rings (SSSR count). The van der Waals surface area contributed by atoms with Gasteiger partial charge in [0.15, 0.2) is 0 Å². The van der Waals surface area contributed by atoms with Crippen molar-refractivity contribution in [1.82, 2.24) is 9.55 Å². The second-order valence-corrected chi connectivity index (χ2v) is 10.3. The summed E-state index contributed by atoms with van der Waals surface area (Å²) in [7, 11) is 0. The van der Waals surface area contributed by atoms with Crippen molar-refractivity contribution in [3.63, 3.8) is 0 Å². The van der Waals surface area contributed by atoms with Gasteiger partial charge in [-0.25, -0.2) is 0 Å². The van der Waals surface area contributed by atoms with E-state index in [0.717, 1.165) is 43.1 Å². The number of aliphatic imine (C=N–C) groups is 1. The van der Waals surface area contributed by atoms with Crippen LogP contribution < -0.4 is 0 Å². The predicted molar refractivity (Wildman–Crippen MR) is 146 cm³/mol. The molecule has 1 aliphatic heterocycles. The van der Waals surface area contributed by atoms with E-state index >= 15 is 0 Å². The molecule has 0 unspecified atom stereocenters. The van der Waals surface area contributed by atoms with Crippen LogP contribution in [0.4, 0.5) is 0 Å². The number of benzene rings is 1. The van der Waals surface area contributed by atoms with Gasteiger partial charge in [-0.05, 0) is 67.4 Å². The van der Waals surface area contributed by atoms with Gasteiger partial charge < -0.3 is 4.57 Å². The molecule has 2 aromatic heterocycles. The summed E-state index contributed by atoms with van der Waals surface area (Å²) in [5.74, 6) is 0.760. The smallest absolute Gasteiger partial charge is 0.0959 e. The topological polar surface area (TPSA) is 30.2 Å². The molecule has 3 heteroatoms. The first-order chi connectivity index (χ1) is 16.5. The Labute approximate surface area is 204 Å². The summed E-state index contributed by atoms with van der Waals surface area (Å²) in [6.45, 7) is 12.7. The molecule has 0 N–H and O–H groups in total. The standard InChI is InChI=1S/C31H37N3/c1-5-9-21(2)25-12-14-26(15-13-25)28-20-34(19-24-10-7-6-8-11-24)29-16-27(18-33-31(28)29)30-22(3)17-32-23(30)4/h12-16,18,20,24H,2,5-11,17,19H2,1,3-4H3. The molecule has 3 nitrogen and oxygen atoms in total. The fourth-order valence-electron chi connectivity index (χ4n) is 5.80. The fraction of sp³-hybridized carbons (Fsp3) is 0.419. The highest BCUT2D eigenvalue weighted by Gasteiger charge is 2.21. The lowest BCUT2D eigenvalue weighted by Gasteiger charge is -2.22. The van der Waals surface area contributed by atoms with Gasteiger partial charge in [0.05, 0.1) is 17.6 Å². The monoisotopic (exact) mass is 451 g/mol. The van der Waals surface area contributed by atoms with Gasteiger partial charge in [-0.15, -0.1) is 0 Å². The van der Waals surface area contributed by atoms with Crippen molar-refractivity contribution in [1.29, 1.82) is 0 Å². The molecule has 3 aromatic rings. The number of hydrogen-bond acceptors (Lipinski definition) is 2. The molecule has 0 bridgehead atoms. The lowest BCUT2D eigenvalue weighted by molar-refractivity contribution is 0.322. The lowest BCUT2D eigenvalue weighted by Crippen LogP contribution is -2.13. The quantitative estimate of drug-likeness (QED) is 0.355. The molecule has 0 spiro atoms. The Morgan fingerprint density at radius 1 is 1.06 bits per heavy atom. The van der Waals surface area contributed by atoms with Gasteiger partial charge >= 0.3 is 0 Å². The van der Waals surface area contributed by atoms with Crippen LogP contribution in [0.1, 0.15) is 76.8 Å². The molecule has 1 aliphatic carbocycles. The summed E-state index contributed by atoms with van der Waals surface area (Å²) in [6, 6.07) is 11.3. The summed E-state index contributed by atoms with van der Waals surface area (Å²) in [5, 5.41) is 0. The van der Waals surface area contributed by atoms with E-state index in [0.29, 0.717) is 0 Å². The Balaban J connectivity index is 1.57. The lowest BCUT2D eigenvalue weighted by atomic mass is 9.89.